The first-order valence-electron chi connectivity index (χ1n) is 12.5. The summed E-state index contributed by atoms with van der Waals surface area (Å²) in [5, 5.41) is 26.7. The van der Waals surface area contributed by atoms with E-state index in [9.17, 15) is 0 Å². The highest BCUT2D eigenvalue weighted by atomic mass is 32.1. The summed E-state index contributed by atoms with van der Waals surface area (Å²) in [5.74, 6) is 1.41. The Morgan fingerprint density at radius 2 is 1.46 bits per heavy atom. The third kappa shape index (κ3) is 4.68. The summed E-state index contributed by atoms with van der Waals surface area (Å²) in [5.41, 5.74) is 7.61. The molecule has 6 aromatic heterocycles. The summed E-state index contributed by atoms with van der Waals surface area (Å²) >= 11 is 3.35. The fourth-order valence-electron chi connectivity index (χ4n) is 4.66. The van der Waals surface area contributed by atoms with Crippen LogP contribution in [0, 0.1) is 6.92 Å². The first kappa shape index (κ1) is 23.7. The number of aromatic nitrogens is 10. The van der Waals surface area contributed by atoms with Crippen LogP contribution in [0.25, 0.3) is 22.5 Å². The van der Waals surface area contributed by atoms with Crippen molar-refractivity contribution in [3.63, 3.8) is 0 Å². The Kier molecular flexibility index (Phi) is 5.89. The summed E-state index contributed by atoms with van der Waals surface area (Å²) in [7, 11) is 1.90. The maximum absolute atomic E-state index is 4.67. The van der Waals surface area contributed by atoms with Crippen LogP contribution in [0.15, 0.2) is 36.9 Å². The zero-order valence-electron chi connectivity index (χ0n) is 21.2. The molecule has 0 spiro atoms. The van der Waals surface area contributed by atoms with Gasteiger partial charge in [0, 0.05) is 63.5 Å². The fourth-order valence-corrected chi connectivity index (χ4v) is 6.61. The minimum absolute atomic E-state index is 0.587. The Morgan fingerprint density at radius 3 is 2.05 bits per heavy atom. The predicted molar refractivity (Wildman–Crippen MR) is 151 cm³/mol. The molecule has 0 radical (unpaired) electrons. The van der Waals surface area contributed by atoms with Gasteiger partial charge >= 0.3 is 0 Å². The number of aromatic amines is 2. The summed E-state index contributed by atoms with van der Waals surface area (Å²) in [6.07, 6.45) is 11.4. The van der Waals surface area contributed by atoms with Crippen LogP contribution in [0.4, 0.5) is 22.0 Å². The molecule has 2 aliphatic rings. The van der Waals surface area contributed by atoms with Crippen LogP contribution in [0.5, 0.6) is 0 Å². The largest absolute Gasteiger partial charge is 0.315 e. The molecule has 8 rings (SSSR count). The molecule has 0 fully saturated rings. The Hall–Kier alpha value is -4.43. The Balaban J connectivity index is 0.000000130. The van der Waals surface area contributed by atoms with Crippen LogP contribution in [-0.2, 0) is 32.7 Å². The van der Waals surface area contributed by atoms with E-state index in [1.807, 2.05) is 44.7 Å². The van der Waals surface area contributed by atoms with E-state index in [1.165, 1.54) is 21.1 Å². The van der Waals surface area contributed by atoms with E-state index in [-0.39, 0.29) is 0 Å². The van der Waals surface area contributed by atoms with E-state index >= 15 is 0 Å². The SMILES string of the molecule is Cc1ccnc(Nc2nc3c(s2)CCc2[nH]ncc2-3)n1.Cn1ccc(Nc2nc3c(s2)CCc2[nH]ncc2-3)n1. The molecule has 0 amide bonds. The molecule has 0 aliphatic heterocycles. The van der Waals surface area contributed by atoms with E-state index in [0.29, 0.717) is 5.95 Å². The van der Waals surface area contributed by atoms with Gasteiger partial charge in [-0.25, -0.2) is 19.9 Å². The van der Waals surface area contributed by atoms with Gasteiger partial charge in [-0.3, -0.25) is 14.9 Å². The van der Waals surface area contributed by atoms with Crippen molar-refractivity contribution in [1.82, 2.24) is 50.1 Å². The molecule has 0 aromatic carbocycles. The lowest BCUT2D eigenvalue weighted by Gasteiger charge is -2.08. The number of thiazole rings is 2. The molecule has 6 aromatic rings. The first-order valence-corrected chi connectivity index (χ1v) is 14.1. The van der Waals surface area contributed by atoms with Crippen molar-refractivity contribution in [2.75, 3.05) is 10.6 Å². The predicted octanol–water partition coefficient (Wildman–Crippen LogP) is 4.58. The van der Waals surface area contributed by atoms with Crippen molar-refractivity contribution in [3.05, 3.63) is 63.8 Å². The molecule has 2 aliphatic carbocycles. The Labute approximate surface area is 231 Å². The molecular formula is C25H24N12S2. The molecule has 0 atom stereocenters. The molecule has 196 valence electrons. The number of nitrogens with zero attached hydrogens (tertiary/aromatic N) is 8. The van der Waals surface area contributed by atoms with Gasteiger partial charge in [0.1, 0.15) is 0 Å². The zero-order valence-corrected chi connectivity index (χ0v) is 22.8. The highest BCUT2D eigenvalue weighted by Crippen LogP contribution is 2.39. The Bertz CT molecular complexity index is 1770. The minimum Gasteiger partial charge on any atom is -0.315 e. The standard InChI is InChI=1S/C13H12N6S.C12H12N6S/c1-7-4-5-14-12(16-7)18-13-17-11-8-6-15-19-9(8)2-3-10(11)20-13;1-18-5-4-10(17-18)14-12-15-11-7-6-13-16-8(7)2-3-9(11)19-12/h4-6H,2-3H2,1H3,(H,15,19)(H,14,16,17,18);4-6H,2-3H2,1H3,(H,13,16)(H,14,15,17). The van der Waals surface area contributed by atoms with Gasteiger partial charge in [-0.1, -0.05) is 0 Å². The summed E-state index contributed by atoms with van der Waals surface area (Å²) in [4.78, 5) is 20.5. The highest BCUT2D eigenvalue weighted by molar-refractivity contribution is 7.16. The van der Waals surface area contributed by atoms with E-state index in [2.05, 4.69) is 56.1 Å². The molecule has 0 saturated carbocycles. The van der Waals surface area contributed by atoms with Crippen molar-refractivity contribution in [1.29, 1.82) is 0 Å². The molecule has 0 unspecified atom stereocenters. The van der Waals surface area contributed by atoms with Crippen LogP contribution in [0.2, 0.25) is 0 Å². The topological polar surface area (TPSA) is 151 Å². The number of H-pyrrole nitrogens is 2. The lowest BCUT2D eigenvalue weighted by molar-refractivity contribution is 0.771. The second kappa shape index (κ2) is 9.71. The van der Waals surface area contributed by atoms with Crippen LogP contribution in [0.1, 0.15) is 26.8 Å². The van der Waals surface area contributed by atoms with Gasteiger partial charge in [0.25, 0.3) is 0 Å². The number of fused-ring (bicyclic) bond motifs is 6. The van der Waals surface area contributed by atoms with Crippen molar-refractivity contribution in [3.8, 4) is 22.5 Å². The van der Waals surface area contributed by atoms with Gasteiger partial charge in [0.05, 0.1) is 23.8 Å². The van der Waals surface area contributed by atoms with E-state index < -0.39 is 0 Å². The average Bonchev–Trinajstić information content (AvgIpc) is 3.73. The van der Waals surface area contributed by atoms with Crippen LogP contribution in [-0.4, -0.2) is 50.1 Å². The summed E-state index contributed by atoms with van der Waals surface area (Å²) in [6, 6.07) is 3.81. The third-order valence-electron chi connectivity index (χ3n) is 6.51. The van der Waals surface area contributed by atoms with E-state index in [0.717, 1.165) is 70.0 Å². The van der Waals surface area contributed by atoms with Crippen LogP contribution >= 0.6 is 22.7 Å². The monoisotopic (exact) mass is 556 g/mol. The normalized spacial score (nSPS) is 13.0. The molecule has 12 nitrogen and oxygen atoms in total. The van der Waals surface area contributed by atoms with Crippen molar-refractivity contribution in [2.45, 2.75) is 32.6 Å². The molecular weight excluding hydrogens is 532 g/mol. The molecule has 4 N–H and O–H groups in total. The highest BCUT2D eigenvalue weighted by Gasteiger charge is 2.23. The molecule has 0 saturated heterocycles. The van der Waals surface area contributed by atoms with Crippen molar-refractivity contribution < 1.29 is 0 Å². The lowest BCUT2D eigenvalue weighted by atomic mass is 10.0. The number of nitrogens with one attached hydrogen (secondary N) is 4. The molecule has 39 heavy (non-hydrogen) atoms. The van der Waals surface area contributed by atoms with E-state index in [1.54, 1.807) is 33.6 Å². The second-order valence-electron chi connectivity index (χ2n) is 9.25. The number of hydrogen-bond acceptors (Lipinski definition) is 11. The third-order valence-corrected chi connectivity index (χ3v) is 8.57. The average molecular weight is 557 g/mol. The van der Waals surface area contributed by atoms with Gasteiger partial charge in [0.15, 0.2) is 16.1 Å². The second-order valence-corrected chi connectivity index (χ2v) is 11.4. The maximum Gasteiger partial charge on any atom is 0.229 e. The van der Waals surface area contributed by atoms with Gasteiger partial charge < -0.3 is 10.6 Å². The quantitative estimate of drug-likeness (QED) is 0.244. The smallest absolute Gasteiger partial charge is 0.229 e. The van der Waals surface area contributed by atoms with Crippen LogP contribution < -0.4 is 10.6 Å². The zero-order chi connectivity index (χ0) is 26.3. The van der Waals surface area contributed by atoms with Crippen molar-refractivity contribution in [2.24, 2.45) is 7.05 Å². The van der Waals surface area contributed by atoms with Gasteiger partial charge in [-0.2, -0.15) is 15.3 Å². The number of hydrogen-bond donors (Lipinski definition) is 4. The minimum atomic E-state index is 0.587. The fraction of sp³-hybridized carbons (Fsp3) is 0.240. The lowest BCUT2D eigenvalue weighted by Crippen LogP contribution is -2.00. The summed E-state index contributed by atoms with van der Waals surface area (Å²) < 4.78 is 1.77. The number of aryl methyl sites for hydroxylation is 6. The first-order chi connectivity index (χ1) is 19.1. The summed E-state index contributed by atoms with van der Waals surface area (Å²) in [6.45, 7) is 1.94. The van der Waals surface area contributed by atoms with Gasteiger partial charge in [-0.15, -0.1) is 22.7 Å². The molecule has 14 heteroatoms. The molecule has 6 heterocycles. The Morgan fingerprint density at radius 1 is 0.821 bits per heavy atom. The van der Waals surface area contributed by atoms with Gasteiger partial charge in [-0.05, 0) is 38.7 Å². The van der Waals surface area contributed by atoms with E-state index in [4.69, 9.17) is 0 Å². The van der Waals surface area contributed by atoms with Crippen LogP contribution in [0.3, 0.4) is 0 Å². The number of anilines is 4. The van der Waals surface area contributed by atoms with Crippen molar-refractivity contribution >= 4 is 44.7 Å². The molecule has 0 bridgehead atoms. The maximum atomic E-state index is 4.67. The number of rotatable bonds is 4. The van der Waals surface area contributed by atoms with Gasteiger partial charge in [0.2, 0.25) is 5.95 Å².